The van der Waals surface area contributed by atoms with Crippen LogP contribution in [0.4, 0.5) is 4.39 Å². The van der Waals surface area contributed by atoms with Crippen LogP contribution in [0.3, 0.4) is 0 Å². The normalized spacial score (nSPS) is 12.6. The summed E-state index contributed by atoms with van der Waals surface area (Å²) in [5.41, 5.74) is 0.822. The van der Waals surface area contributed by atoms with Crippen LogP contribution in [-0.4, -0.2) is 5.11 Å². The zero-order valence-corrected chi connectivity index (χ0v) is 11.4. The number of benzene rings is 1. The van der Waals surface area contributed by atoms with E-state index in [1.165, 1.54) is 50.7 Å². The molecule has 0 saturated carbocycles. The summed E-state index contributed by atoms with van der Waals surface area (Å²) in [6.07, 6.45) is 9.07. The molecule has 0 fully saturated rings. The van der Waals surface area contributed by atoms with Crippen molar-refractivity contribution in [1.29, 1.82) is 0 Å². The molecule has 1 atom stereocenters. The summed E-state index contributed by atoms with van der Waals surface area (Å²) in [6, 6.07) is 6.15. The van der Waals surface area contributed by atoms with E-state index in [1.54, 1.807) is 12.1 Å². The molecule has 0 aliphatic carbocycles. The average molecular weight is 252 g/mol. The number of aliphatic hydroxyl groups is 1. The maximum Gasteiger partial charge on any atom is 0.123 e. The smallest absolute Gasteiger partial charge is 0.123 e. The van der Waals surface area contributed by atoms with Gasteiger partial charge in [-0.1, -0.05) is 64.0 Å². The molecule has 0 radical (unpaired) electrons. The van der Waals surface area contributed by atoms with E-state index in [2.05, 4.69) is 6.92 Å². The van der Waals surface area contributed by atoms with Gasteiger partial charge in [0.05, 0.1) is 6.10 Å². The summed E-state index contributed by atoms with van der Waals surface area (Å²) >= 11 is 0. The second-order valence-corrected chi connectivity index (χ2v) is 4.98. The summed E-state index contributed by atoms with van der Waals surface area (Å²) in [4.78, 5) is 0. The third-order valence-electron chi connectivity index (χ3n) is 3.34. The van der Waals surface area contributed by atoms with Crippen molar-refractivity contribution in [3.63, 3.8) is 0 Å². The first kappa shape index (κ1) is 15.2. The maximum absolute atomic E-state index is 12.7. The van der Waals surface area contributed by atoms with E-state index in [0.29, 0.717) is 0 Å². The van der Waals surface area contributed by atoms with E-state index in [1.807, 2.05) is 0 Å². The van der Waals surface area contributed by atoms with Crippen LogP contribution in [-0.2, 0) is 0 Å². The average Bonchev–Trinajstić information content (AvgIpc) is 2.38. The molecule has 0 bridgehead atoms. The van der Waals surface area contributed by atoms with E-state index < -0.39 is 6.10 Å². The quantitative estimate of drug-likeness (QED) is 0.613. The molecule has 0 spiro atoms. The van der Waals surface area contributed by atoms with Gasteiger partial charge in [-0.25, -0.2) is 4.39 Å². The van der Waals surface area contributed by atoms with Crippen molar-refractivity contribution in [1.82, 2.24) is 0 Å². The highest BCUT2D eigenvalue weighted by Crippen LogP contribution is 2.20. The fourth-order valence-corrected chi connectivity index (χ4v) is 2.15. The SMILES string of the molecule is CCCCCCCCC[C@H](O)c1ccc(F)cc1. The van der Waals surface area contributed by atoms with E-state index in [9.17, 15) is 9.50 Å². The van der Waals surface area contributed by atoms with Crippen LogP contribution in [0.15, 0.2) is 24.3 Å². The molecular formula is C16H25FO. The number of halogens is 1. The first-order valence-corrected chi connectivity index (χ1v) is 7.17. The molecule has 1 N–H and O–H groups in total. The standard InChI is InChI=1S/C16H25FO/c1-2-3-4-5-6-7-8-9-16(18)14-10-12-15(17)13-11-14/h10-13,16,18H,2-9H2,1H3/t16-/m0/s1. The van der Waals surface area contributed by atoms with Crippen LogP contribution in [0.2, 0.25) is 0 Å². The Hall–Kier alpha value is -0.890. The predicted molar refractivity (Wildman–Crippen MR) is 74.0 cm³/mol. The Morgan fingerprint density at radius 2 is 1.50 bits per heavy atom. The van der Waals surface area contributed by atoms with Gasteiger partial charge in [0.25, 0.3) is 0 Å². The molecule has 1 aromatic carbocycles. The molecule has 2 heteroatoms. The van der Waals surface area contributed by atoms with E-state index in [4.69, 9.17) is 0 Å². The molecule has 0 amide bonds. The van der Waals surface area contributed by atoms with E-state index in [0.717, 1.165) is 18.4 Å². The van der Waals surface area contributed by atoms with E-state index >= 15 is 0 Å². The minimum atomic E-state index is -0.443. The first-order chi connectivity index (χ1) is 8.74. The Morgan fingerprint density at radius 1 is 0.944 bits per heavy atom. The topological polar surface area (TPSA) is 20.2 Å². The lowest BCUT2D eigenvalue weighted by atomic mass is 10.0. The van der Waals surface area contributed by atoms with Gasteiger partial charge in [0.1, 0.15) is 5.82 Å². The number of unbranched alkanes of at least 4 members (excludes halogenated alkanes) is 6. The van der Waals surface area contributed by atoms with Gasteiger partial charge in [-0.15, -0.1) is 0 Å². The molecule has 1 nitrogen and oxygen atoms in total. The zero-order chi connectivity index (χ0) is 13.2. The molecule has 0 aromatic heterocycles. The van der Waals surface area contributed by atoms with Gasteiger partial charge < -0.3 is 5.11 Å². The van der Waals surface area contributed by atoms with Crippen molar-refractivity contribution < 1.29 is 9.50 Å². The van der Waals surface area contributed by atoms with Gasteiger partial charge in [0.2, 0.25) is 0 Å². The fourth-order valence-electron chi connectivity index (χ4n) is 2.15. The summed E-state index contributed by atoms with van der Waals surface area (Å²) in [5.74, 6) is -0.248. The van der Waals surface area contributed by atoms with Crippen LogP contribution in [0.1, 0.15) is 70.0 Å². The minimum Gasteiger partial charge on any atom is -0.388 e. The largest absolute Gasteiger partial charge is 0.388 e. The Labute approximate surface area is 110 Å². The summed E-state index contributed by atoms with van der Waals surface area (Å²) in [5, 5.41) is 9.93. The molecule has 0 aliphatic rings. The van der Waals surface area contributed by atoms with Gasteiger partial charge in [-0.05, 0) is 24.1 Å². The van der Waals surface area contributed by atoms with Crippen LogP contribution >= 0.6 is 0 Å². The zero-order valence-electron chi connectivity index (χ0n) is 11.4. The Bertz CT molecular complexity index is 307. The summed E-state index contributed by atoms with van der Waals surface area (Å²) < 4.78 is 12.7. The number of aliphatic hydroxyl groups excluding tert-OH is 1. The molecule has 1 aromatic rings. The second kappa shape index (κ2) is 9.09. The highest BCUT2D eigenvalue weighted by molar-refractivity contribution is 5.18. The van der Waals surface area contributed by atoms with E-state index in [-0.39, 0.29) is 5.82 Å². The molecule has 0 saturated heterocycles. The van der Waals surface area contributed by atoms with Crippen molar-refractivity contribution in [2.24, 2.45) is 0 Å². The maximum atomic E-state index is 12.7. The van der Waals surface area contributed by atoms with Gasteiger partial charge in [-0.2, -0.15) is 0 Å². The highest BCUT2D eigenvalue weighted by Gasteiger charge is 2.06. The molecule has 102 valence electrons. The van der Waals surface area contributed by atoms with Gasteiger partial charge in [0.15, 0.2) is 0 Å². The molecule has 0 heterocycles. The van der Waals surface area contributed by atoms with Crippen LogP contribution < -0.4 is 0 Å². The monoisotopic (exact) mass is 252 g/mol. The Kier molecular flexibility index (Phi) is 7.66. The number of hydrogen-bond acceptors (Lipinski definition) is 1. The lowest BCUT2D eigenvalue weighted by molar-refractivity contribution is 0.163. The van der Waals surface area contributed by atoms with Crippen LogP contribution in [0.25, 0.3) is 0 Å². The number of rotatable bonds is 9. The molecule has 0 aliphatic heterocycles. The van der Waals surface area contributed by atoms with Crippen molar-refractivity contribution in [2.75, 3.05) is 0 Å². The third-order valence-corrected chi connectivity index (χ3v) is 3.34. The fraction of sp³-hybridized carbons (Fsp3) is 0.625. The number of hydrogen-bond donors (Lipinski definition) is 1. The van der Waals surface area contributed by atoms with Crippen LogP contribution in [0.5, 0.6) is 0 Å². The van der Waals surface area contributed by atoms with Crippen molar-refractivity contribution in [2.45, 2.75) is 64.4 Å². The predicted octanol–water partition coefficient (Wildman–Crippen LogP) is 5.00. The van der Waals surface area contributed by atoms with Crippen molar-refractivity contribution in [3.05, 3.63) is 35.6 Å². The summed E-state index contributed by atoms with van der Waals surface area (Å²) in [7, 11) is 0. The Balaban J connectivity index is 2.10. The third kappa shape index (κ3) is 6.15. The van der Waals surface area contributed by atoms with Gasteiger partial charge in [-0.3, -0.25) is 0 Å². The molecule has 1 rings (SSSR count). The molecule has 0 unspecified atom stereocenters. The molecule has 18 heavy (non-hydrogen) atoms. The van der Waals surface area contributed by atoms with Crippen LogP contribution in [0, 0.1) is 5.82 Å². The lowest BCUT2D eigenvalue weighted by Crippen LogP contribution is -1.97. The molecular weight excluding hydrogens is 227 g/mol. The minimum absolute atomic E-state index is 0.248. The van der Waals surface area contributed by atoms with Crippen molar-refractivity contribution in [3.8, 4) is 0 Å². The first-order valence-electron chi connectivity index (χ1n) is 7.17. The van der Waals surface area contributed by atoms with Gasteiger partial charge >= 0.3 is 0 Å². The summed E-state index contributed by atoms with van der Waals surface area (Å²) in [6.45, 7) is 2.22. The van der Waals surface area contributed by atoms with Gasteiger partial charge in [0, 0.05) is 0 Å². The Morgan fingerprint density at radius 3 is 2.11 bits per heavy atom. The lowest BCUT2D eigenvalue weighted by Gasteiger charge is -2.10. The second-order valence-electron chi connectivity index (χ2n) is 4.98. The van der Waals surface area contributed by atoms with Crippen molar-refractivity contribution >= 4 is 0 Å². The highest BCUT2D eigenvalue weighted by atomic mass is 19.1.